The van der Waals surface area contributed by atoms with E-state index >= 15 is 0 Å². The normalized spacial score (nSPS) is 16.4. The molecule has 1 fully saturated rings. The quantitative estimate of drug-likeness (QED) is 0.858. The van der Waals surface area contributed by atoms with Gasteiger partial charge in [0.2, 0.25) is 5.91 Å². The van der Waals surface area contributed by atoms with E-state index in [1.54, 1.807) is 16.2 Å². The second-order valence-electron chi connectivity index (χ2n) is 5.40. The Kier molecular flexibility index (Phi) is 5.78. The van der Waals surface area contributed by atoms with E-state index in [0.717, 1.165) is 11.0 Å². The largest absolute Gasteiger partial charge is 0.481 e. The van der Waals surface area contributed by atoms with Gasteiger partial charge in [0.15, 0.2) is 0 Å². The molecule has 2 heterocycles. The number of piperidine rings is 1. The van der Waals surface area contributed by atoms with Crippen LogP contribution >= 0.6 is 27.3 Å². The van der Waals surface area contributed by atoms with Crippen molar-refractivity contribution in [1.82, 2.24) is 9.80 Å². The lowest BCUT2D eigenvalue weighted by atomic mass is 9.97. The second-order valence-corrected chi connectivity index (χ2v) is 7.31. The molecule has 5 nitrogen and oxygen atoms in total. The third-order valence-corrected chi connectivity index (χ3v) is 5.33. The highest BCUT2D eigenvalue weighted by atomic mass is 79.9. The second kappa shape index (κ2) is 7.38. The highest BCUT2D eigenvalue weighted by Crippen LogP contribution is 2.21. The minimum absolute atomic E-state index is 0.0805. The summed E-state index contributed by atoms with van der Waals surface area (Å²) >= 11 is 5.09. The maximum absolute atomic E-state index is 12.2. The van der Waals surface area contributed by atoms with E-state index < -0.39 is 5.97 Å². The van der Waals surface area contributed by atoms with Crippen molar-refractivity contribution in [1.29, 1.82) is 0 Å². The monoisotopic (exact) mass is 374 g/mol. The molecule has 1 aliphatic heterocycles. The zero-order chi connectivity index (χ0) is 15.4. The summed E-state index contributed by atoms with van der Waals surface area (Å²) in [5.74, 6) is -0.963. The molecule has 1 aliphatic rings. The molecule has 7 heteroatoms. The Labute approximate surface area is 136 Å². The first-order chi connectivity index (χ1) is 9.95. The van der Waals surface area contributed by atoms with Gasteiger partial charge in [0.25, 0.3) is 0 Å². The lowest BCUT2D eigenvalue weighted by Gasteiger charge is -2.31. The summed E-state index contributed by atoms with van der Waals surface area (Å²) in [6.07, 6.45) is 1.12. The number of carboxylic acids is 1. The number of rotatable bonds is 5. The van der Waals surface area contributed by atoms with Crippen molar-refractivity contribution in [2.24, 2.45) is 5.92 Å². The van der Waals surface area contributed by atoms with Gasteiger partial charge < -0.3 is 10.0 Å². The van der Waals surface area contributed by atoms with E-state index in [0.29, 0.717) is 32.5 Å². The summed E-state index contributed by atoms with van der Waals surface area (Å²) in [5.41, 5.74) is 0. The van der Waals surface area contributed by atoms with Crippen molar-refractivity contribution >= 4 is 39.1 Å². The van der Waals surface area contributed by atoms with Crippen LogP contribution in [0.3, 0.4) is 0 Å². The van der Waals surface area contributed by atoms with E-state index in [1.165, 1.54) is 4.88 Å². The van der Waals surface area contributed by atoms with E-state index in [1.807, 2.05) is 17.3 Å². The molecule has 0 aromatic carbocycles. The molecule has 0 atom stereocenters. The smallest absolute Gasteiger partial charge is 0.306 e. The van der Waals surface area contributed by atoms with Gasteiger partial charge in [-0.05, 0) is 41.9 Å². The summed E-state index contributed by atoms with van der Waals surface area (Å²) in [5, 5.41) is 11.0. The zero-order valence-electron chi connectivity index (χ0n) is 11.9. The van der Waals surface area contributed by atoms with Crippen molar-refractivity contribution < 1.29 is 14.7 Å². The lowest BCUT2D eigenvalue weighted by molar-refractivity contribution is -0.145. The number of likely N-dealkylation sites (N-methyl/N-ethyl adjacent to an activating group) is 1. The fourth-order valence-corrected chi connectivity index (χ4v) is 4.00. The molecule has 0 unspecified atom stereocenters. The van der Waals surface area contributed by atoms with Crippen LogP contribution in [0.25, 0.3) is 0 Å². The van der Waals surface area contributed by atoms with E-state index in [-0.39, 0.29) is 11.8 Å². The number of carboxylic acid groups (broad SMARTS) is 1. The predicted molar refractivity (Wildman–Crippen MR) is 85.3 cm³/mol. The van der Waals surface area contributed by atoms with E-state index in [2.05, 4.69) is 22.0 Å². The number of halogens is 1. The Balaban J connectivity index is 1.77. The maximum Gasteiger partial charge on any atom is 0.306 e. The Bertz CT molecular complexity index is 512. The predicted octanol–water partition coefficient (Wildman–Crippen LogP) is 2.27. The molecular formula is C14H19BrN2O3S. The zero-order valence-corrected chi connectivity index (χ0v) is 14.3. The average Bonchev–Trinajstić information content (AvgIpc) is 2.83. The van der Waals surface area contributed by atoms with Gasteiger partial charge in [-0.15, -0.1) is 11.3 Å². The summed E-state index contributed by atoms with van der Waals surface area (Å²) in [7, 11) is 1.93. The molecule has 0 radical (unpaired) electrons. The Morgan fingerprint density at radius 2 is 2.14 bits per heavy atom. The highest BCUT2D eigenvalue weighted by molar-refractivity contribution is 9.10. The Hall–Kier alpha value is -0.920. The summed E-state index contributed by atoms with van der Waals surface area (Å²) in [6.45, 7) is 2.21. The first-order valence-electron chi connectivity index (χ1n) is 6.87. The molecule has 1 aromatic rings. The number of nitrogens with zero attached hydrogens (tertiary/aromatic N) is 2. The lowest BCUT2D eigenvalue weighted by Crippen LogP contribution is -2.44. The molecule has 0 spiro atoms. The number of hydrogen-bond donors (Lipinski definition) is 1. The van der Waals surface area contributed by atoms with Crippen LogP contribution < -0.4 is 0 Å². The van der Waals surface area contributed by atoms with Crippen molar-refractivity contribution in [3.05, 3.63) is 20.8 Å². The molecule has 1 amide bonds. The fourth-order valence-electron chi connectivity index (χ4n) is 2.47. The number of hydrogen-bond acceptors (Lipinski definition) is 4. The SMILES string of the molecule is CN(CC(=O)N1CCC(C(=O)O)CC1)Cc1cc(Br)cs1. The van der Waals surface area contributed by atoms with E-state index in [9.17, 15) is 9.59 Å². The number of likely N-dealkylation sites (tertiary alicyclic amines) is 1. The molecule has 2 rings (SSSR count). The minimum Gasteiger partial charge on any atom is -0.481 e. The van der Waals surface area contributed by atoms with Crippen molar-refractivity contribution in [2.45, 2.75) is 19.4 Å². The van der Waals surface area contributed by atoms with Crippen molar-refractivity contribution in [3.8, 4) is 0 Å². The molecule has 1 saturated heterocycles. The molecule has 21 heavy (non-hydrogen) atoms. The number of amides is 1. The summed E-state index contributed by atoms with van der Waals surface area (Å²) in [6, 6.07) is 2.06. The summed E-state index contributed by atoms with van der Waals surface area (Å²) < 4.78 is 1.07. The van der Waals surface area contributed by atoms with Crippen LogP contribution in [0.1, 0.15) is 17.7 Å². The molecule has 1 N–H and O–H groups in total. The van der Waals surface area contributed by atoms with Gasteiger partial charge in [0.1, 0.15) is 0 Å². The number of carbonyl (C=O) groups excluding carboxylic acids is 1. The fraction of sp³-hybridized carbons (Fsp3) is 0.571. The summed E-state index contributed by atoms with van der Waals surface area (Å²) in [4.78, 5) is 28.1. The van der Waals surface area contributed by atoms with Crippen LogP contribution in [-0.4, -0.2) is 53.5 Å². The van der Waals surface area contributed by atoms with Gasteiger partial charge in [0, 0.05) is 34.4 Å². The molecule has 0 bridgehead atoms. The molecule has 0 aliphatic carbocycles. The topological polar surface area (TPSA) is 60.9 Å². The van der Waals surface area contributed by atoms with Gasteiger partial charge in [0.05, 0.1) is 12.5 Å². The number of aliphatic carboxylic acids is 1. The number of carbonyl (C=O) groups is 2. The molecule has 116 valence electrons. The van der Waals surface area contributed by atoms with Gasteiger partial charge >= 0.3 is 5.97 Å². The Morgan fingerprint density at radius 1 is 1.48 bits per heavy atom. The number of thiophene rings is 1. The van der Waals surface area contributed by atoms with Gasteiger partial charge in [-0.25, -0.2) is 0 Å². The van der Waals surface area contributed by atoms with E-state index in [4.69, 9.17) is 5.11 Å². The molecule has 0 saturated carbocycles. The third-order valence-electron chi connectivity index (χ3n) is 3.65. The third kappa shape index (κ3) is 4.79. The maximum atomic E-state index is 12.2. The average molecular weight is 375 g/mol. The standard InChI is InChI=1S/C14H19BrN2O3S/c1-16(7-12-6-11(15)9-21-12)8-13(18)17-4-2-10(3-5-17)14(19)20/h6,9-10H,2-5,7-8H2,1H3,(H,19,20). The van der Waals surface area contributed by atoms with Crippen LogP contribution in [0.2, 0.25) is 0 Å². The van der Waals surface area contributed by atoms with Crippen LogP contribution in [-0.2, 0) is 16.1 Å². The van der Waals surface area contributed by atoms with Gasteiger partial charge in [-0.3, -0.25) is 14.5 Å². The first kappa shape index (κ1) is 16.5. The Morgan fingerprint density at radius 3 is 2.67 bits per heavy atom. The van der Waals surface area contributed by atoms with Gasteiger partial charge in [-0.1, -0.05) is 0 Å². The van der Waals surface area contributed by atoms with Crippen molar-refractivity contribution in [2.75, 3.05) is 26.7 Å². The first-order valence-corrected chi connectivity index (χ1v) is 8.55. The minimum atomic E-state index is -0.748. The van der Waals surface area contributed by atoms with Crippen LogP contribution in [0.15, 0.2) is 15.9 Å². The molecule has 1 aromatic heterocycles. The van der Waals surface area contributed by atoms with Gasteiger partial charge in [-0.2, -0.15) is 0 Å². The van der Waals surface area contributed by atoms with Crippen LogP contribution in [0.4, 0.5) is 0 Å². The van der Waals surface area contributed by atoms with Crippen LogP contribution in [0, 0.1) is 5.92 Å². The molecular weight excluding hydrogens is 356 g/mol. The highest BCUT2D eigenvalue weighted by Gasteiger charge is 2.27. The van der Waals surface area contributed by atoms with Crippen molar-refractivity contribution in [3.63, 3.8) is 0 Å². The van der Waals surface area contributed by atoms with Crippen LogP contribution in [0.5, 0.6) is 0 Å².